The number of hydrogen-bond donors (Lipinski definition) is 0. The fraction of sp³-hybridized carbons (Fsp3) is 0.441. The van der Waals surface area contributed by atoms with Crippen LogP contribution in [0.25, 0.3) is 33.4 Å². The molecule has 45 heavy (non-hydrogen) atoms. The van der Waals surface area contributed by atoms with Crippen molar-refractivity contribution in [3.05, 3.63) is 72.9 Å². The van der Waals surface area contributed by atoms with E-state index in [4.69, 9.17) is 19.2 Å². The molecule has 0 N–H and O–H groups in total. The average molecular weight is 614 g/mol. The maximum atomic E-state index is 13.2. The van der Waals surface area contributed by atoms with E-state index >= 15 is 0 Å². The van der Waals surface area contributed by atoms with E-state index in [1.165, 1.54) is 11.0 Å². The van der Waals surface area contributed by atoms with Gasteiger partial charge in [-0.2, -0.15) is 5.10 Å². The van der Waals surface area contributed by atoms with Crippen molar-refractivity contribution in [2.45, 2.75) is 85.3 Å². The number of hydrogen-bond acceptors (Lipinski definition) is 8. The van der Waals surface area contributed by atoms with Crippen molar-refractivity contribution in [3.63, 3.8) is 0 Å². The smallest absolute Gasteiger partial charge is 0.420 e. The summed E-state index contributed by atoms with van der Waals surface area (Å²) in [7, 11) is 0. The van der Waals surface area contributed by atoms with Crippen molar-refractivity contribution in [2.75, 3.05) is 13.2 Å². The molecule has 1 aliphatic rings. The Morgan fingerprint density at radius 2 is 1.82 bits per heavy atom. The summed E-state index contributed by atoms with van der Waals surface area (Å²) in [5.74, 6) is 0. The molecule has 0 saturated carbocycles. The van der Waals surface area contributed by atoms with Crippen LogP contribution in [0.1, 0.15) is 65.9 Å². The molecule has 0 radical (unpaired) electrons. The van der Waals surface area contributed by atoms with Crippen LogP contribution >= 0.6 is 0 Å². The predicted octanol–water partition coefficient (Wildman–Crippen LogP) is 6.95. The molecule has 0 spiro atoms. The number of aromatic nitrogens is 7. The summed E-state index contributed by atoms with van der Waals surface area (Å²) in [6.45, 7) is 12.2. The zero-order valence-electron chi connectivity index (χ0n) is 26.8. The van der Waals surface area contributed by atoms with Gasteiger partial charge in [-0.1, -0.05) is 55.8 Å². The number of carbonyl (C=O) groups is 1. The fourth-order valence-electron chi connectivity index (χ4n) is 4.94. The largest absolute Gasteiger partial charge is 0.443 e. The third kappa shape index (κ3) is 8.43. The van der Waals surface area contributed by atoms with Crippen LogP contribution in [0.4, 0.5) is 4.79 Å². The van der Waals surface area contributed by atoms with Gasteiger partial charge in [-0.15, -0.1) is 5.10 Å². The Morgan fingerprint density at radius 1 is 1.02 bits per heavy atom. The van der Waals surface area contributed by atoms with E-state index < -0.39 is 11.7 Å². The van der Waals surface area contributed by atoms with Gasteiger partial charge in [-0.25, -0.2) is 19.0 Å². The standard InChI is InChI=1S/C31H35N7O4.C3H8/c1-31(2,3)42-30(39)38-20-26(27-21-37(35-34-27)18-22-9-5-4-6-10-22)25-15-23(16-32-29(25)38)24-17-33-36(19-24)12-14-41-28-11-7-8-13-40-28;1-3-2/h4-6,9-10,15-17,19-21,28H,7-8,11-14,18H2,1-3H3;3H2,1-2H3. The lowest BCUT2D eigenvalue weighted by Crippen LogP contribution is -2.26. The zero-order valence-corrected chi connectivity index (χ0v) is 26.8. The molecule has 0 amide bonds. The second-order valence-corrected chi connectivity index (χ2v) is 12.1. The van der Waals surface area contributed by atoms with Crippen LogP contribution in [0.3, 0.4) is 0 Å². The Labute approximate surface area is 264 Å². The maximum absolute atomic E-state index is 13.2. The molecule has 1 unspecified atom stereocenters. The third-order valence-electron chi connectivity index (χ3n) is 6.96. The molecule has 11 nitrogen and oxygen atoms in total. The Balaban J connectivity index is 0.00000128. The number of pyridine rings is 1. The van der Waals surface area contributed by atoms with Crippen LogP contribution in [0.2, 0.25) is 0 Å². The second kappa shape index (κ2) is 14.6. The highest BCUT2D eigenvalue weighted by Gasteiger charge is 2.24. The average Bonchev–Trinajstić information content (AvgIpc) is 3.76. The molecule has 4 aromatic heterocycles. The van der Waals surface area contributed by atoms with E-state index in [2.05, 4.69) is 29.3 Å². The van der Waals surface area contributed by atoms with E-state index in [1.54, 1.807) is 23.3 Å². The summed E-state index contributed by atoms with van der Waals surface area (Å²) >= 11 is 0. The Bertz CT molecular complexity index is 1680. The van der Waals surface area contributed by atoms with Gasteiger partial charge in [0.1, 0.15) is 16.9 Å². The molecule has 0 aliphatic carbocycles. The number of fused-ring (bicyclic) bond motifs is 1. The van der Waals surface area contributed by atoms with Crippen molar-refractivity contribution in [1.29, 1.82) is 0 Å². The molecule has 6 rings (SSSR count). The summed E-state index contributed by atoms with van der Waals surface area (Å²) in [4.78, 5) is 17.9. The van der Waals surface area contributed by atoms with Crippen LogP contribution in [0.5, 0.6) is 0 Å². The summed E-state index contributed by atoms with van der Waals surface area (Å²) in [6.07, 6.45) is 12.9. The van der Waals surface area contributed by atoms with E-state index in [0.29, 0.717) is 31.0 Å². The topological polar surface area (TPSA) is 111 Å². The summed E-state index contributed by atoms with van der Waals surface area (Å²) in [5, 5.41) is 14.1. The van der Waals surface area contributed by atoms with Crippen molar-refractivity contribution in [2.24, 2.45) is 0 Å². The van der Waals surface area contributed by atoms with Crippen LogP contribution in [-0.4, -0.2) is 65.5 Å². The van der Waals surface area contributed by atoms with E-state index in [0.717, 1.165) is 53.5 Å². The van der Waals surface area contributed by atoms with Gasteiger partial charge in [0.25, 0.3) is 0 Å². The molecule has 1 aromatic carbocycles. The molecule has 1 fully saturated rings. The van der Waals surface area contributed by atoms with E-state index in [1.807, 2.05) is 74.2 Å². The number of ether oxygens (including phenoxy) is 3. The van der Waals surface area contributed by atoms with Gasteiger partial charge in [-0.3, -0.25) is 4.68 Å². The lowest BCUT2D eigenvalue weighted by molar-refractivity contribution is -0.163. The summed E-state index contributed by atoms with van der Waals surface area (Å²) in [6, 6.07) is 12.1. The molecule has 238 valence electrons. The quantitative estimate of drug-likeness (QED) is 0.185. The van der Waals surface area contributed by atoms with E-state index in [-0.39, 0.29) is 6.29 Å². The first-order valence-electron chi connectivity index (χ1n) is 15.7. The first-order valence-corrected chi connectivity index (χ1v) is 15.7. The number of benzene rings is 1. The van der Waals surface area contributed by atoms with Crippen molar-refractivity contribution in [3.8, 4) is 22.4 Å². The third-order valence-corrected chi connectivity index (χ3v) is 6.96. The Kier molecular flexibility index (Phi) is 10.4. The first kappa shape index (κ1) is 32.1. The second-order valence-electron chi connectivity index (χ2n) is 12.1. The highest BCUT2D eigenvalue weighted by Crippen LogP contribution is 2.32. The Morgan fingerprint density at radius 3 is 2.56 bits per heavy atom. The van der Waals surface area contributed by atoms with Crippen LogP contribution in [0, 0.1) is 0 Å². The molecular formula is C34H43N7O4. The van der Waals surface area contributed by atoms with Gasteiger partial charge < -0.3 is 14.2 Å². The molecule has 1 atom stereocenters. The monoisotopic (exact) mass is 613 g/mol. The van der Waals surface area contributed by atoms with Gasteiger partial charge in [0.2, 0.25) is 0 Å². The highest BCUT2D eigenvalue weighted by atomic mass is 16.7. The highest BCUT2D eigenvalue weighted by molar-refractivity contribution is 5.99. The van der Waals surface area contributed by atoms with Crippen LogP contribution in [0.15, 0.2) is 67.4 Å². The maximum Gasteiger partial charge on any atom is 0.420 e. The first-order chi connectivity index (χ1) is 21.7. The number of rotatable bonds is 8. The predicted molar refractivity (Wildman–Crippen MR) is 173 cm³/mol. The Hall–Kier alpha value is -4.35. The van der Waals surface area contributed by atoms with Crippen LogP contribution < -0.4 is 0 Å². The van der Waals surface area contributed by atoms with Gasteiger partial charge in [-0.05, 0) is 51.7 Å². The molecule has 1 aliphatic heterocycles. The lowest BCUT2D eigenvalue weighted by Gasteiger charge is -2.22. The fourth-order valence-corrected chi connectivity index (χ4v) is 4.94. The molecule has 5 heterocycles. The number of nitrogens with zero attached hydrogens (tertiary/aromatic N) is 7. The molecule has 1 saturated heterocycles. The van der Waals surface area contributed by atoms with Gasteiger partial charge >= 0.3 is 6.09 Å². The zero-order chi connectivity index (χ0) is 31.8. The van der Waals surface area contributed by atoms with Gasteiger partial charge in [0.05, 0.1) is 32.1 Å². The summed E-state index contributed by atoms with van der Waals surface area (Å²) in [5.41, 5.74) is 4.07. The number of carbonyl (C=O) groups excluding carboxylic acids is 1. The van der Waals surface area contributed by atoms with Crippen LogP contribution in [-0.2, 0) is 27.3 Å². The summed E-state index contributed by atoms with van der Waals surface area (Å²) < 4.78 is 22.3. The minimum absolute atomic E-state index is 0.126. The molecule has 0 bridgehead atoms. The normalized spacial score (nSPS) is 15.1. The van der Waals surface area contributed by atoms with Crippen molar-refractivity contribution < 1.29 is 19.0 Å². The SMILES string of the molecule is CC(C)(C)OC(=O)n1cc(-c2cn(Cc3ccccc3)nn2)c2cc(-c3cnn(CCOC4CCCCO4)c3)cnc21.CCC. The van der Waals surface area contributed by atoms with Crippen molar-refractivity contribution in [1.82, 2.24) is 34.3 Å². The minimum Gasteiger partial charge on any atom is -0.443 e. The molecule has 5 aromatic rings. The van der Waals surface area contributed by atoms with Crippen molar-refractivity contribution >= 4 is 17.1 Å². The molecule has 11 heteroatoms. The lowest BCUT2D eigenvalue weighted by atomic mass is 10.1. The van der Waals surface area contributed by atoms with Gasteiger partial charge in [0.15, 0.2) is 6.29 Å². The van der Waals surface area contributed by atoms with Gasteiger partial charge in [0, 0.05) is 47.3 Å². The minimum atomic E-state index is -0.659. The van der Waals surface area contributed by atoms with E-state index in [9.17, 15) is 4.79 Å². The molecular weight excluding hydrogens is 570 g/mol.